The molecule has 0 bridgehead atoms. The summed E-state index contributed by atoms with van der Waals surface area (Å²) in [5.74, 6) is -0.159. The van der Waals surface area contributed by atoms with Crippen LogP contribution in [-0.4, -0.2) is 30.7 Å². The Bertz CT molecular complexity index is 244. The van der Waals surface area contributed by atoms with Crippen molar-refractivity contribution in [2.24, 2.45) is 22.5 Å². The zero-order valence-corrected chi connectivity index (χ0v) is 11.8. The van der Waals surface area contributed by atoms with Crippen molar-refractivity contribution in [2.45, 2.75) is 41.0 Å². The van der Waals surface area contributed by atoms with Crippen molar-refractivity contribution in [3.63, 3.8) is 0 Å². The molecular weight excluding hydrogens is 216 g/mol. The van der Waals surface area contributed by atoms with Crippen molar-refractivity contribution in [3.05, 3.63) is 0 Å². The van der Waals surface area contributed by atoms with Gasteiger partial charge in [0.15, 0.2) is 0 Å². The Morgan fingerprint density at radius 1 is 1.29 bits per heavy atom. The molecule has 0 aromatic heterocycles. The van der Waals surface area contributed by atoms with E-state index in [-0.39, 0.29) is 29.3 Å². The zero-order valence-electron chi connectivity index (χ0n) is 11.8. The monoisotopic (exact) mass is 244 g/mol. The number of nitrogens with two attached hydrogens (primary N) is 1. The lowest BCUT2D eigenvalue weighted by Gasteiger charge is -2.27. The number of hydrogen-bond donors (Lipinski definition) is 3. The number of aliphatic hydroxyl groups is 1. The molecule has 4 N–H and O–H groups in total. The standard InChI is InChI=1S/C13H28N2O2/c1-12(2,3)6-10(7-14)11(17)15-8-13(4,5)9-16/h10,16H,6-9,14H2,1-5H3,(H,15,17). The molecular formula is C13H28N2O2. The smallest absolute Gasteiger partial charge is 0.224 e. The highest BCUT2D eigenvalue weighted by atomic mass is 16.3. The molecule has 0 aliphatic rings. The average molecular weight is 244 g/mol. The largest absolute Gasteiger partial charge is 0.396 e. The van der Waals surface area contributed by atoms with Crippen LogP contribution < -0.4 is 11.1 Å². The van der Waals surface area contributed by atoms with E-state index in [0.717, 1.165) is 6.42 Å². The molecule has 0 spiro atoms. The molecule has 0 saturated carbocycles. The fourth-order valence-electron chi connectivity index (χ4n) is 1.55. The number of rotatable bonds is 6. The van der Waals surface area contributed by atoms with Crippen molar-refractivity contribution in [1.29, 1.82) is 0 Å². The number of hydrogen-bond acceptors (Lipinski definition) is 3. The Balaban J connectivity index is 4.28. The Labute approximate surface area is 105 Å². The second-order valence-corrected chi connectivity index (χ2v) is 6.74. The van der Waals surface area contributed by atoms with Gasteiger partial charge < -0.3 is 16.2 Å². The predicted octanol–water partition coefficient (Wildman–Crippen LogP) is 1.13. The first-order chi connectivity index (χ1) is 7.61. The van der Waals surface area contributed by atoms with Crippen LogP contribution in [0.2, 0.25) is 0 Å². The molecule has 1 unspecified atom stereocenters. The Hall–Kier alpha value is -0.610. The van der Waals surface area contributed by atoms with Crippen LogP contribution in [0.3, 0.4) is 0 Å². The maximum atomic E-state index is 11.9. The van der Waals surface area contributed by atoms with Crippen molar-refractivity contribution in [1.82, 2.24) is 5.32 Å². The SMILES string of the molecule is CC(C)(C)CC(CN)C(=O)NCC(C)(C)CO. The topological polar surface area (TPSA) is 75.4 Å². The molecule has 0 aromatic carbocycles. The van der Waals surface area contributed by atoms with E-state index in [1.807, 2.05) is 13.8 Å². The fraction of sp³-hybridized carbons (Fsp3) is 0.923. The molecule has 0 saturated heterocycles. The summed E-state index contributed by atoms with van der Waals surface area (Å²) in [4.78, 5) is 11.9. The van der Waals surface area contributed by atoms with E-state index in [2.05, 4.69) is 26.1 Å². The van der Waals surface area contributed by atoms with E-state index in [4.69, 9.17) is 10.8 Å². The molecule has 4 heteroatoms. The number of carbonyl (C=O) groups excluding carboxylic acids is 1. The summed E-state index contributed by atoms with van der Waals surface area (Å²) < 4.78 is 0. The quantitative estimate of drug-likeness (QED) is 0.655. The van der Waals surface area contributed by atoms with E-state index < -0.39 is 0 Å². The maximum Gasteiger partial charge on any atom is 0.224 e. The third-order valence-electron chi connectivity index (χ3n) is 2.68. The third kappa shape index (κ3) is 7.34. The van der Waals surface area contributed by atoms with Gasteiger partial charge in [-0.05, 0) is 11.8 Å². The minimum Gasteiger partial charge on any atom is -0.396 e. The van der Waals surface area contributed by atoms with E-state index in [1.54, 1.807) is 0 Å². The molecule has 0 aliphatic carbocycles. The fourth-order valence-corrected chi connectivity index (χ4v) is 1.55. The van der Waals surface area contributed by atoms with Crippen LogP contribution in [0, 0.1) is 16.7 Å². The average Bonchev–Trinajstić information content (AvgIpc) is 2.21. The van der Waals surface area contributed by atoms with Gasteiger partial charge in [0.05, 0.1) is 5.92 Å². The molecule has 102 valence electrons. The van der Waals surface area contributed by atoms with Crippen molar-refractivity contribution in [2.75, 3.05) is 19.7 Å². The number of aliphatic hydroxyl groups excluding tert-OH is 1. The lowest BCUT2D eigenvalue weighted by molar-refractivity contribution is -0.126. The van der Waals surface area contributed by atoms with Gasteiger partial charge in [-0.2, -0.15) is 0 Å². The lowest BCUT2D eigenvalue weighted by atomic mass is 9.84. The van der Waals surface area contributed by atoms with Crippen LogP contribution in [0.25, 0.3) is 0 Å². The molecule has 0 aromatic rings. The number of amides is 1. The molecule has 0 heterocycles. The van der Waals surface area contributed by atoms with Crippen molar-refractivity contribution >= 4 is 5.91 Å². The molecule has 1 amide bonds. The summed E-state index contributed by atoms with van der Waals surface area (Å²) in [5.41, 5.74) is 5.45. The molecule has 0 aliphatic heterocycles. The van der Waals surface area contributed by atoms with Gasteiger partial charge in [0, 0.05) is 25.1 Å². The Kier molecular flexibility index (Phi) is 6.13. The number of carbonyl (C=O) groups is 1. The van der Waals surface area contributed by atoms with Gasteiger partial charge in [-0.15, -0.1) is 0 Å². The van der Waals surface area contributed by atoms with E-state index >= 15 is 0 Å². The molecule has 0 rings (SSSR count). The van der Waals surface area contributed by atoms with Crippen LogP contribution in [0.15, 0.2) is 0 Å². The van der Waals surface area contributed by atoms with Crippen molar-refractivity contribution in [3.8, 4) is 0 Å². The van der Waals surface area contributed by atoms with E-state index in [1.165, 1.54) is 0 Å². The minimum absolute atomic E-state index is 0.0102. The van der Waals surface area contributed by atoms with Crippen LogP contribution in [0.4, 0.5) is 0 Å². The summed E-state index contributed by atoms with van der Waals surface area (Å²) in [6.45, 7) is 11.0. The molecule has 17 heavy (non-hydrogen) atoms. The maximum absolute atomic E-state index is 11.9. The molecule has 0 fully saturated rings. The first kappa shape index (κ1) is 16.4. The van der Waals surface area contributed by atoms with Gasteiger partial charge in [-0.25, -0.2) is 0 Å². The summed E-state index contributed by atoms with van der Waals surface area (Å²) in [7, 11) is 0. The van der Waals surface area contributed by atoms with Gasteiger partial charge >= 0.3 is 0 Å². The molecule has 0 radical (unpaired) electrons. The summed E-state index contributed by atoms with van der Waals surface area (Å²) in [6.07, 6.45) is 0.773. The first-order valence-electron chi connectivity index (χ1n) is 6.20. The minimum atomic E-state index is -0.281. The van der Waals surface area contributed by atoms with Gasteiger partial charge in [0.1, 0.15) is 0 Å². The normalized spacial score (nSPS) is 14.5. The van der Waals surface area contributed by atoms with Gasteiger partial charge in [0.25, 0.3) is 0 Å². The summed E-state index contributed by atoms with van der Waals surface area (Å²) in [6, 6.07) is 0. The Morgan fingerprint density at radius 2 is 1.82 bits per heavy atom. The highest BCUT2D eigenvalue weighted by Crippen LogP contribution is 2.24. The second kappa shape index (κ2) is 6.36. The summed E-state index contributed by atoms with van der Waals surface area (Å²) in [5, 5.41) is 12.0. The van der Waals surface area contributed by atoms with Gasteiger partial charge in [-0.3, -0.25) is 4.79 Å². The highest BCUT2D eigenvalue weighted by molar-refractivity contribution is 5.78. The number of nitrogens with one attached hydrogen (secondary N) is 1. The predicted molar refractivity (Wildman–Crippen MR) is 70.5 cm³/mol. The van der Waals surface area contributed by atoms with Crippen LogP contribution in [-0.2, 0) is 4.79 Å². The lowest BCUT2D eigenvalue weighted by Crippen LogP contribution is -2.42. The van der Waals surface area contributed by atoms with Crippen LogP contribution in [0.5, 0.6) is 0 Å². The van der Waals surface area contributed by atoms with Crippen LogP contribution >= 0.6 is 0 Å². The van der Waals surface area contributed by atoms with Gasteiger partial charge in [-0.1, -0.05) is 34.6 Å². The molecule has 1 atom stereocenters. The Morgan fingerprint density at radius 3 is 2.18 bits per heavy atom. The van der Waals surface area contributed by atoms with Gasteiger partial charge in [0.2, 0.25) is 5.91 Å². The molecule has 4 nitrogen and oxygen atoms in total. The summed E-state index contributed by atoms with van der Waals surface area (Å²) >= 11 is 0. The zero-order chi connectivity index (χ0) is 13.7. The van der Waals surface area contributed by atoms with E-state index in [9.17, 15) is 4.79 Å². The first-order valence-corrected chi connectivity index (χ1v) is 6.20. The van der Waals surface area contributed by atoms with E-state index in [0.29, 0.717) is 13.1 Å². The van der Waals surface area contributed by atoms with Crippen LogP contribution in [0.1, 0.15) is 41.0 Å². The second-order valence-electron chi connectivity index (χ2n) is 6.74. The van der Waals surface area contributed by atoms with Crippen molar-refractivity contribution < 1.29 is 9.90 Å². The highest BCUT2D eigenvalue weighted by Gasteiger charge is 2.25. The third-order valence-corrected chi connectivity index (χ3v) is 2.68.